The Morgan fingerprint density at radius 3 is 2.87 bits per heavy atom. The Bertz CT molecular complexity index is 234. The molecule has 2 rings (SSSR count). The Kier molecular flexibility index (Phi) is 3.11. The third kappa shape index (κ3) is 2.41. The van der Waals surface area contributed by atoms with Crippen LogP contribution >= 0.6 is 0 Å². The van der Waals surface area contributed by atoms with Gasteiger partial charge in [-0.3, -0.25) is 0 Å². The number of hydrogen-bond donors (Lipinski definition) is 0. The van der Waals surface area contributed by atoms with Crippen molar-refractivity contribution in [3.63, 3.8) is 0 Å². The smallest absolute Gasteiger partial charge is 0.435 e. The molecular weight excluding hydrogens is 200 g/mol. The molecule has 1 heterocycles. The zero-order chi connectivity index (χ0) is 10.7. The zero-order valence-corrected chi connectivity index (χ0v) is 8.86. The van der Waals surface area contributed by atoms with Gasteiger partial charge in [0.25, 0.3) is 0 Å². The monoisotopic (exact) mass is 216 g/mol. The first-order valence-corrected chi connectivity index (χ1v) is 5.35. The Hall–Kier alpha value is -0.810. The van der Waals surface area contributed by atoms with Crippen LogP contribution in [0, 0.1) is 0 Å². The van der Waals surface area contributed by atoms with Gasteiger partial charge in [0.05, 0.1) is 19.8 Å². The summed E-state index contributed by atoms with van der Waals surface area (Å²) in [5.41, 5.74) is 0. The van der Waals surface area contributed by atoms with Crippen molar-refractivity contribution in [1.82, 2.24) is 0 Å². The van der Waals surface area contributed by atoms with E-state index in [2.05, 4.69) is 0 Å². The lowest BCUT2D eigenvalue weighted by atomic mass is 10.2. The van der Waals surface area contributed by atoms with Gasteiger partial charge in [0.15, 0.2) is 5.79 Å². The molecule has 1 atom stereocenters. The maximum atomic E-state index is 11.1. The highest BCUT2D eigenvalue weighted by Crippen LogP contribution is 2.38. The third-order valence-electron chi connectivity index (χ3n) is 2.72. The minimum absolute atomic E-state index is 0.137. The Balaban J connectivity index is 1.79. The minimum atomic E-state index is -0.599. The van der Waals surface area contributed by atoms with E-state index in [1.54, 1.807) is 6.92 Å². The normalized spacial score (nSPS) is 28.2. The second kappa shape index (κ2) is 4.37. The Labute approximate surface area is 88.6 Å². The van der Waals surface area contributed by atoms with E-state index < -0.39 is 11.9 Å². The molecule has 0 aromatic rings. The summed E-state index contributed by atoms with van der Waals surface area (Å²) in [6.45, 7) is 3.35. The summed E-state index contributed by atoms with van der Waals surface area (Å²) in [5, 5.41) is 0. The first-order chi connectivity index (χ1) is 7.24. The molecule has 0 N–H and O–H groups in total. The Morgan fingerprint density at radius 2 is 2.20 bits per heavy atom. The molecule has 15 heavy (non-hydrogen) atoms. The molecule has 1 aliphatic carbocycles. The molecule has 86 valence electrons. The summed E-state index contributed by atoms with van der Waals surface area (Å²) in [4.78, 5) is 11.1. The predicted octanol–water partition coefficient (Wildman–Crippen LogP) is 1.46. The average Bonchev–Trinajstić information content (AvgIpc) is 2.79. The van der Waals surface area contributed by atoms with Crippen LogP contribution in [0.2, 0.25) is 0 Å². The van der Waals surface area contributed by atoms with Crippen LogP contribution in [-0.2, 0) is 18.9 Å². The van der Waals surface area contributed by atoms with Crippen molar-refractivity contribution in [1.29, 1.82) is 0 Å². The van der Waals surface area contributed by atoms with Gasteiger partial charge in [-0.25, -0.2) is 4.79 Å². The number of hydrogen-bond acceptors (Lipinski definition) is 5. The molecule has 1 aliphatic heterocycles. The van der Waals surface area contributed by atoms with Gasteiger partial charge >= 0.3 is 6.16 Å². The van der Waals surface area contributed by atoms with E-state index in [-0.39, 0.29) is 6.10 Å². The summed E-state index contributed by atoms with van der Waals surface area (Å²) in [6, 6.07) is 0. The molecule has 0 bridgehead atoms. The van der Waals surface area contributed by atoms with Gasteiger partial charge in [-0.1, -0.05) is 0 Å². The van der Waals surface area contributed by atoms with Gasteiger partial charge in [0, 0.05) is 12.8 Å². The SMILES string of the molecule is CCOC(=O)OC1CCC2(C1)OCCO2. The minimum Gasteiger partial charge on any atom is -0.435 e. The molecule has 5 nitrogen and oxygen atoms in total. The van der Waals surface area contributed by atoms with E-state index in [1.807, 2.05) is 0 Å². The van der Waals surface area contributed by atoms with Crippen LogP contribution in [0.5, 0.6) is 0 Å². The first-order valence-electron chi connectivity index (χ1n) is 5.35. The number of carbonyl (C=O) groups excluding carboxylic acids is 1. The molecule has 1 spiro atoms. The lowest BCUT2D eigenvalue weighted by molar-refractivity contribution is -0.155. The number of carbonyl (C=O) groups is 1. The van der Waals surface area contributed by atoms with Gasteiger partial charge in [0.1, 0.15) is 6.10 Å². The molecule has 0 radical (unpaired) electrons. The summed E-state index contributed by atoms with van der Waals surface area (Å²) in [6.07, 6.45) is 1.45. The second-order valence-electron chi connectivity index (χ2n) is 3.77. The van der Waals surface area contributed by atoms with Gasteiger partial charge in [-0.15, -0.1) is 0 Å². The van der Waals surface area contributed by atoms with Crippen LogP contribution in [0.25, 0.3) is 0 Å². The van der Waals surface area contributed by atoms with Crippen LogP contribution in [0.3, 0.4) is 0 Å². The van der Waals surface area contributed by atoms with E-state index >= 15 is 0 Å². The molecule has 1 saturated heterocycles. The standard InChI is InChI=1S/C10H16O5/c1-2-12-9(11)15-8-3-4-10(7-8)13-5-6-14-10/h8H,2-7H2,1H3. The van der Waals surface area contributed by atoms with E-state index in [0.29, 0.717) is 26.2 Å². The number of rotatable bonds is 2. The summed E-state index contributed by atoms with van der Waals surface area (Å²) in [7, 11) is 0. The van der Waals surface area contributed by atoms with Crippen LogP contribution < -0.4 is 0 Å². The average molecular weight is 216 g/mol. The van der Waals surface area contributed by atoms with Gasteiger partial charge in [-0.05, 0) is 13.3 Å². The lowest BCUT2D eigenvalue weighted by Crippen LogP contribution is -2.28. The van der Waals surface area contributed by atoms with Crippen molar-refractivity contribution in [2.75, 3.05) is 19.8 Å². The summed E-state index contributed by atoms with van der Waals surface area (Å²) < 4.78 is 20.9. The van der Waals surface area contributed by atoms with Crippen molar-refractivity contribution >= 4 is 6.16 Å². The van der Waals surface area contributed by atoms with Crippen molar-refractivity contribution in [3.05, 3.63) is 0 Å². The molecule has 1 unspecified atom stereocenters. The van der Waals surface area contributed by atoms with Crippen LogP contribution in [0.4, 0.5) is 4.79 Å². The van der Waals surface area contributed by atoms with Crippen molar-refractivity contribution < 1.29 is 23.7 Å². The van der Waals surface area contributed by atoms with Gasteiger partial charge in [-0.2, -0.15) is 0 Å². The van der Waals surface area contributed by atoms with E-state index in [0.717, 1.165) is 12.8 Å². The fraction of sp³-hybridized carbons (Fsp3) is 0.900. The fourth-order valence-corrected chi connectivity index (χ4v) is 2.08. The van der Waals surface area contributed by atoms with Crippen LogP contribution in [-0.4, -0.2) is 37.9 Å². The Morgan fingerprint density at radius 1 is 1.47 bits per heavy atom. The molecule has 5 heteroatoms. The van der Waals surface area contributed by atoms with Crippen molar-refractivity contribution in [2.45, 2.75) is 38.1 Å². The zero-order valence-electron chi connectivity index (χ0n) is 8.86. The third-order valence-corrected chi connectivity index (χ3v) is 2.72. The topological polar surface area (TPSA) is 54.0 Å². The van der Waals surface area contributed by atoms with Crippen molar-refractivity contribution in [3.8, 4) is 0 Å². The molecule has 2 aliphatic rings. The molecule has 2 fully saturated rings. The lowest BCUT2D eigenvalue weighted by Gasteiger charge is -2.21. The van der Waals surface area contributed by atoms with Gasteiger partial charge < -0.3 is 18.9 Å². The first kappa shape index (κ1) is 10.7. The van der Waals surface area contributed by atoms with E-state index in [1.165, 1.54) is 0 Å². The molecule has 0 aromatic carbocycles. The highest BCUT2D eigenvalue weighted by Gasteiger charge is 2.45. The maximum absolute atomic E-state index is 11.1. The molecule has 0 aromatic heterocycles. The molecular formula is C10H16O5. The fourth-order valence-electron chi connectivity index (χ4n) is 2.08. The predicted molar refractivity (Wildman–Crippen MR) is 50.4 cm³/mol. The quantitative estimate of drug-likeness (QED) is 0.654. The van der Waals surface area contributed by atoms with Crippen molar-refractivity contribution in [2.24, 2.45) is 0 Å². The summed E-state index contributed by atoms with van der Waals surface area (Å²) >= 11 is 0. The largest absolute Gasteiger partial charge is 0.508 e. The molecule has 1 saturated carbocycles. The van der Waals surface area contributed by atoms with Crippen LogP contribution in [0.15, 0.2) is 0 Å². The van der Waals surface area contributed by atoms with E-state index in [9.17, 15) is 4.79 Å². The highest BCUT2D eigenvalue weighted by molar-refractivity contribution is 5.60. The highest BCUT2D eigenvalue weighted by atomic mass is 16.7. The van der Waals surface area contributed by atoms with E-state index in [4.69, 9.17) is 18.9 Å². The van der Waals surface area contributed by atoms with Gasteiger partial charge in [0.2, 0.25) is 0 Å². The maximum Gasteiger partial charge on any atom is 0.508 e. The summed E-state index contributed by atoms with van der Waals surface area (Å²) in [5.74, 6) is -0.489. The second-order valence-corrected chi connectivity index (χ2v) is 3.77. The molecule has 0 amide bonds. The number of ether oxygens (including phenoxy) is 4. The van der Waals surface area contributed by atoms with Crippen LogP contribution in [0.1, 0.15) is 26.2 Å².